The summed E-state index contributed by atoms with van der Waals surface area (Å²) in [4.78, 5) is 28.3. The Morgan fingerprint density at radius 3 is 1.15 bits per heavy atom. The molecule has 6 aromatic carbocycles. The Labute approximate surface area is 396 Å². The number of aliphatic imine (C=N–C) groups is 4. The van der Waals surface area contributed by atoms with Gasteiger partial charge in [0.25, 0.3) is 0 Å². The van der Waals surface area contributed by atoms with Crippen LogP contribution < -0.4 is 0 Å². The summed E-state index contributed by atoms with van der Waals surface area (Å²) in [6.07, 6.45) is 11.9. The van der Waals surface area contributed by atoms with E-state index in [1.807, 2.05) is 12.4 Å². The summed E-state index contributed by atoms with van der Waals surface area (Å²) < 4.78 is 5.15. The van der Waals surface area contributed by atoms with Crippen LogP contribution in [0.15, 0.2) is 166 Å². The summed E-state index contributed by atoms with van der Waals surface area (Å²) >= 11 is -0.876. The van der Waals surface area contributed by atoms with Gasteiger partial charge in [-0.1, -0.05) is 13.8 Å². The minimum absolute atomic E-state index is 0.123. The van der Waals surface area contributed by atoms with Crippen LogP contribution in [0.3, 0.4) is 0 Å². The van der Waals surface area contributed by atoms with Gasteiger partial charge in [-0.2, -0.15) is 0 Å². The van der Waals surface area contributed by atoms with Gasteiger partial charge in [0.1, 0.15) is 0 Å². The maximum atomic E-state index is 5.27. The van der Waals surface area contributed by atoms with E-state index >= 15 is 0 Å². The molecule has 67 heavy (non-hydrogen) atoms. The van der Waals surface area contributed by atoms with Crippen molar-refractivity contribution >= 4 is 107 Å². The third kappa shape index (κ3) is 6.63. The molecule has 4 aromatic heterocycles. The normalized spacial score (nSPS) is 15.0. The number of aromatic nitrogens is 4. The third-order valence-corrected chi connectivity index (χ3v) is 17.8. The fourth-order valence-electron chi connectivity index (χ4n) is 11.0. The molecular weight excluding hydrogens is 881 g/mol. The van der Waals surface area contributed by atoms with E-state index in [1.165, 1.54) is 11.4 Å². The number of rotatable bonds is 4. The molecule has 0 amide bonds. The average Bonchev–Trinajstić information content (AvgIpc) is 4.21. The molecule has 0 aliphatic carbocycles. The standard InChI is InChI=1S/C58H50GeN8/c1-5-57(6-2)53-25-21-41(64-53)33-60-49-17-9-13-37-29-39-15-11-19-51(47(39)31-45(37)49)62-35-43-23-27-55-58(7-3,8-4)56-28-24-44(67(56)59-66(43)55)36-63-52-20-12-16-40-30-38-14-10-18-50(46(38)32-48(40)52)61-34-42-22-26-54(57)65-42/h9-36,64-65H,5-8H2,1-4H3. The van der Waals surface area contributed by atoms with E-state index in [9.17, 15) is 0 Å². The van der Waals surface area contributed by atoms with E-state index in [1.54, 1.807) is 0 Å². The first-order chi connectivity index (χ1) is 32.9. The van der Waals surface area contributed by atoms with Crippen LogP contribution in [0.5, 0.6) is 0 Å². The summed E-state index contributed by atoms with van der Waals surface area (Å²) in [6.45, 7) is 9.18. The van der Waals surface area contributed by atoms with E-state index in [4.69, 9.17) is 20.0 Å². The molecule has 2 aliphatic rings. The molecule has 2 N–H and O–H groups in total. The molecule has 0 saturated heterocycles. The Morgan fingerprint density at radius 2 is 0.776 bits per heavy atom. The second kappa shape index (κ2) is 16.2. The molecule has 326 valence electrons. The molecule has 12 rings (SSSR count). The molecule has 6 heterocycles. The zero-order valence-electron chi connectivity index (χ0n) is 38.2. The Kier molecular flexibility index (Phi) is 9.98. The molecule has 10 aromatic rings. The fourth-order valence-corrected chi connectivity index (χ4v) is 14.1. The number of fused-ring (bicyclic) bond motifs is 4. The Bertz CT molecular complexity index is 3460. The molecule has 0 saturated carbocycles. The number of hydrogen-bond acceptors (Lipinski definition) is 4. The van der Waals surface area contributed by atoms with Crippen LogP contribution in [0, 0.1) is 0 Å². The van der Waals surface area contributed by atoms with Gasteiger partial charge in [-0.15, -0.1) is 0 Å². The maximum absolute atomic E-state index is 5.27. The van der Waals surface area contributed by atoms with Crippen molar-refractivity contribution < 1.29 is 0 Å². The monoisotopic (exact) mass is 932 g/mol. The summed E-state index contributed by atoms with van der Waals surface area (Å²) in [5.41, 5.74) is 12.6. The second-order valence-electron chi connectivity index (χ2n) is 18.0. The molecule has 9 heteroatoms. The van der Waals surface area contributed by atoms with Crippen molar-refractivity contribution in [1.29, 1.82) is 0 Å². The molecule has 10 bridgehead atoms. The van der Waals surface area contributed by atoms with E-state index in [0.717, 1.165) is 126 Å². The molecule has 0 spiro atoms. The summed E-state index contributed by atoms with van der Waals surface area (Å²) in [5.74, 6) is 0. The van der Waals surface area contributed by atoms with Crippen molar-refractivity contribution in [1.82, 2.24) is 17.0 Å². The number of hydrogen-bond donors (Lipinski definition) is 2. The van der Waals surface area contributed by atoms with Gasteiger partial charge in [-0.3, -0.25) is 0 Å². The topological polar surface area (TPSA) is 90.9 Å². The second-order valence-corrected chi connectivity index (χ2v) is 20.3. The van der Waals surface area contributed by atoms with Gasteiger partial charge >= 0.3 is 321 Å². The van der Waals surface area contributed by atoms with Crippen molar-refractivity contribution in [2.45, 2.75) is 64.2 Å². The van der Waals surface area contributed by atoms with E-state index in [2.05, 4.69) is 203 Å². The van der Waals surface area contributed by atoms with Gasteiger partial charge in [0.05, 0.1) is 0 Å². The predicted molar refractivity (Wildman–Crippen MR) is 282 cm³/mol. The van der Waals surface area contributed by atoms with Crippen LogP contribution in [-0.2, 0) is 10.8 Å². The average molecular weight is 932 g/mol. The van der Waals surface area contributed by atoms with Gasteiger partial charge in [0.15, 0.2) is 0 Å². The number of H-pyrrole nitrogens is 2. The molecule has 8 nitrogen and oxygen atoms in total. The SMILES string of the molecule is CCC1(CC)c2ccc([nH]2)C=Nc2cccc3cc4cccc(c4cc23)N=Cc2ccc3[n]2[Ge][n]2c(ccc2C3(CC)CC)C=Nc2cccc3cc4cccc(c4cc23)N=Cc2ccc1[nH]2. The molecule has 2 aliphatic heterocycles. The van der Waals surface area contributed by atoms with Crippen molar-refractivity contribution in [2.24, 2.45) is 20.0 Å². The van der Waals surface area contributed by atoms with Crippen LogP contribution in [0.1, 0.15) is 98.9 Å². The van der Waals surface area contributed by atoms with Crippen molar-refractivity contribution in [3.63, 3.8) is 0 Å². The van der Waals surface area contributed by atoms with Gasteiger partial charge in [-0.25, -0.2) is 0 Å². The minimum Gasteiger partial charge on any atom is -0.357 e. The van der Waals surface area contributed by atoms with Crippen LogP contribution in [0.4, 0.5) is 22.7 Å². The molecular formula is C58H50GeN8. The third-order valence-electron chi connectivity index (χ3n) is 14.9. The van der Waals surface area contributed by atoms with Crippen molar-refractivity contribution in [3.8, 4) is 0 Å². The number of aromatic amines is 2. The number of nitrogens with one attached hydrogen (secondary N) is 2. The first kappa shape index (κ1) is 41.2. The summed E-state index contributed by atoms with van der Waals surface area (Å²) in [7, 11) is 0. The smallest absolute Gasteiger partial charge is 0.357 e. The fraction of sp³-hybridized carbons (Fsp3) is 0.172. The van der Waals surface area contributed by atoms with Crippen LogP contribution in [-0.4, -0.2) is 57.8 Å². The summed E-state index contributed by atoms with van der Waals surface area (Å²) in [5, 5.41) is 8.98. The van der Waals surface area contributed by atoms with Crippen LogP contribution in [0.2, 0.25) is 0 Å². The van der Waals surface area contributed by atoms with Gasteiger partial charge in [-0.05, 0) is 37.1 Å². The first-order valence-electron chi connectivity index (χ1n) is 23.6. The van der Waals surface area contributed by atoms with Gasteiger partial charge in [0.2, 0.25) is 0 Å². The Morgan fingerprint density at radius 1 is 0.403 bits per heavy atom. The predicted octanol–water partition coefficient (Wildman–Crippen LogP) is 14.3. The van der Waals surface area contributed by atoms with Crippen LogP contribution >= 0.6 is 0 Å². The first-order valence-corrected chi connectivity index (χ1v) is 25.5. The molecule has 0 atom stereocenters. The quantitative estimate of drug-likeness (QED) is 0.130. The van der Waals surface area contributed by atoms with Gasteiger partial charge in [0, 0.05) is 16.8 Å². The molecule has 0 fully saturated rings. The van der Waals surface area contributed by atoms with E-state index in [0.29, 0.717) is 0 Å². The van der Waals surface area contributed by atoms with E-state index < -0.39 is 15.9 Å². The number of nitrogens with zero attached hydrogens (tertiary/aromatic N) is 6. The Hall–Kier alpha value is -7.30. The zero-order chi connectivity index (χ0) is 45.3. The zero-order valence-corrected chi connectivity index (χ0v) is 40.3. The molecule has 2 radical (unpaired) electrons. The number of benzene rings is 6. The van der Waals surface area contributed by atoms with E-state index in [-0.39, 0.29) is 10.8 Å². The minimum atomic E-state index is -0.876. The van der Waals surface area contributed by atoms with Crippen molar-refractivity contribution in [2.75, 3.05) is 0 Å². The van der Waals surface area contributed by atoms with Crippen molar-refractivity contribution in [3.05, 3.63) is 191 Å². The Balaban J connectivity index is 1.03. The van der Waals surface area contributed by atoms with Gasteiger partial charge < -0.3 is 9.97 Å². The summed E-state index contributed by atoms with van der Waals surface area (Å²) in [6, 6.07) is 52.6. The van der Waals surface area contributed by atoms with Crippen LogP contribution in [0.25, 0.3) is 43.1 Å². The molecule has 0 unspecified atom stereocenters.